The number of amides is 1. The summed E-state index contributed by atoms with van der Waals surface area (Å²) < 4.78 is 0. The van der Waals surface area contributed by atoms with E-state index in [4.69, 9.17) is 15.7 Å². The molecule has 0 spiro atoms. The van der Waals surface area contributed by atoms with Crippen LogP contribution in [0.25, 0.3) is 90.9 Å². The van der Waals surface area contributed by atoms with Crippen molar-refractivity contribution in [3.63, 3.8) is 0 Å². The summed E-state index contributed by atoms with van der Waals surface area (Å²) in [6, 6.07) is 54.9. The molecule has 2 aliphatic heterocycles. The maximum atomic E-state index is 11.8. The Morgan fingerprint density at radius 3 is 1.29 bits per heavy atom. The first-order valence-electron chi connectivity index (χ1n) is 19.4. The summed E-state index contributed by atoms with van der Waals surface area (Å²) in [5, 5.41) is 0. The van der Waals surface area contributed by atoms with Gasteiger partial charge in [-0.05, 0) is 89.0 Å². The van der Waals surface area contributed by atoms with E-state index >= 15 is 0 Å². The molecule has 8 aromatic rings. The number of primary amides is 1. The number of carbonyl (C=O) groups is 1. The van der Waals surface area contributed by atoms with Gasteiger partial charge in [0.25, 0.3) is 0 Å². The molecule has 278 valence electrons. The van der Waals surface area contributed by atoms with Crippen LogP contribution in [0.15, 0.2) is 164 Å². The van der Waals surface area contributed by atoms with E-state index in [9.17, 15) is 4.79 Å². The van der Waals surface area contributed by atoms with Crippen molar-refractivity contribution in [3.05, 3.63) is 203 Å². The Hall–Kier alpha value is -8.27. The van der Waals surface area contributed by atoms with Gasteiger partial charge in [0, 0.05) is 49.9 Å². The number of benzene rings is 5. The molecule has 6 heteroatoms. The van der Waals surface area contributed by atoms with Crippen LogP contribution in [0.3, 0.4) is 0 Å². The minimum absolute atomic E-state index is 0.431. The molecule has 4 N–H and O–H groups in total. The molecule has 5 heterocycles. The molecule has 0 aliphatic carbocycles. The fraction of sp³-hybridized carbons (Fsp3) is 0. The number of rotatable bonds is 5. The van der Waals surface area contributed by atoms with Gasteiger partial charge in [-0.25, -0.2) is 9.97 Å². The highest BCUT2D eigenvalue weighted by molar-refractivity contribution is 6.01. The largest absolute Gasteiger partial charge is 0.366 e. The van der Waals surface area contributed by atoms with Gasteiger partial charge < -0.3 is 15.7 Å². The Bertz CT molecular complexity index is 3200. The highest BCUT2D eigenvalue weighted by Gasteiger charge is 2.20. The molecule has 1 amide bonds. The Labute approximate surface area is 341 Å². The van der Waals surface area contributed by atoms with Gasteiger partial charge in [-0.15, -0.1) is 0 Å². The Morgan fingerprint density at radius 2 is 0.847 bits per heavy atom. The SMILES string of the molecule is NC(=O)c1ccc(C#Cc2cc3[nH]c2c(-c2ccccc2)c2nc(c(-c4ccccc4)c4ccc([nH]4)c(-c4ccccc4)c4nc(c3-c3ccccc3)C=C4)C=C2)cc1. The summed E-state index contributed by atoms with van der Waals surface area (Å²) in [5.74, 6) is 6.39. The molecular weight excluding hydrogens is 723 g/mol. The molecule has 0 saturated heterocycles. The van der Waals surface area contributed by atoms with Gasteiger partial charge in [0.1, 0.15) is 0 Å². The second kappa shape index (κ2) is 15.0. The van der Waals surface area contributed by atoms with E-state index in [1.54, 1.807) is 12.1 Å². The molecule has 10 rings (SSSR count). The Kier molecular flexibility index (Phi) is 8.94. The van der Waals surface area contributed by atoms with E-state index in [1.807, 2.05) is 60.7 Å². The number of aromatic nitrogens is 4. The number of nitrogens with zero attached hydrogens (tertiary/aromatic N) is 2. The highest BCUT2D eigenvalue weighted by atomic mass is 16.1. The quantitative estimate of drug-likeness (QED) is 0.152. The summed E-state index contributed by atoms with van der Waals surface area (Å²) >= 11 is 0. The van der Waals surface area contributed by atoms with Crippen molar-refractivity contribution in [2.24, 2.45) is 5.73 Å². The van der Waals surface area contributed by atoms with Crippen LogP contribution in [0.5, 0.6) is 0 Å². The van der Waals surface area contributed by atoms with Gasteiger partial charge in [0.15, 0.2) is 0 Å². The van der Waals surface area contributed by atoms with Crippen molar-refractivity contribution in [3.8, 4) is 56.3 Å². The van der Waals surface area contributed by atoms with Crippen molar-refractivity contribution in [1.82, 2.24) is 19.9 Å². The first kappa shape index (κ1) is 35.2. The average molecular weight is 758 g/mol. The van der Waals surface area contributed by atoms with Crippen molar-refractivity contribution in [1.29, 1.82) is 0 Å². The third-order valence-electron chi connectivity index (χ3n) is 10.6. The smallest absolute Gasteiger partial charge is 0.248 e. The molecule has 5 aromatic carbocycles. The monoisotopic (exact) mass is 757 g/mol. The molecular formula is C53H35N5O. The van der Waals surface area contributed by atoms with Crippen LogP contribution in [0.1, 0.15) is 44.3 Å². The van der Waals surface area contributed by atoms with Gasteiger partial charge in [-0.3, -0.25) is 4.79 Å². The molecule has 0 fully saturated rings. The number of hydrogen-bond donors (Lipinski definition) is 3. The fourth-order valence-corrected chi connectivity index (χ4v) is 7.87. The molecule has 59 heavy (non-hydrogen) atoms. The van der Waals surface area contributed by atoms with E-state index in [-0.39, 0.29) is 0 Å². The van der Waals surface area contributed by atoms with Crippen molar-refractivity contribution < 1.29 is 4.79 Å². The fourth-order valence-electron chi connectivity index (χ4n) is 7.87. The average Bonchev–Trinajstić information content (AvgIpc) is 4.12. The second-order valence-corrected chi connectivity index (χ2v) is 14.3. The molecule has 2 aliphatic rings. The Morgan fingerprint density at radius 1 is 0.441 bits per heavy atom. The molecule has 6 nitrogen and oxygen atoms in total. The summed E-state index contributed by atoms with van der Waals surface area (Å²) in [5.41, 5.74) is 22.3. The van der Waals surface area contributed by atoms with E-state index in [1.165, 1.54) is 0 Å². The van der Waals surface area contributed by atoms with Crippen LogP contribution in [0.4, 0.5) is 0 Å². The predicted octanol–water partition coefficient (Wildman–Crippen LogP) is 11.8. The lowest BCUT2D eigenvalue weighted by Crippen LogP contribution is -2.10. The van der Waals surface area contributed by atoms with Crippen molar-refractivity contribution in [2.45, 2.75) is 0 Å². The summed E-state index contributed by atoms with van der Waals surface area (Å²) in [4.78, 5) is 30.4. The Balaban J connectivity index is 1.39. The lowest BCUT2D eigenvalue weighted by Gasteiger charge is -2.07. The number of H-pyrrole nitrogens is 2. The number of carbonyl (C=O) groups excluding carboxylic acids is 1. The molecule has 3 aromatic heterocycles. The summed E-state index contributed by atoms with van der Waals surface area (Å²) in [6.07, 6.45) is 8.40. The maximum Gasteiger partial charge on any atom is 0.248 e. The lowest BCUT2D eigenvalue weighted by atomic mass is 10.0. The van der Waals surface area contributed by atoms with Gasteiger partial charge in [0.2, 0.25) is 5.91 Å². The van der Waals surface area contributed by atoms with Gasteiger partial charge >= 0.3 is 0 Å². The minimum Gasteiger partial charge on any atom is -0.366 e. The number of nitrogens with two attached hydrogens (primary N) is 1. The second-order valence-electron chi connectivity index (χ2n) is 14.3. The van der Waals surface area contributed by atoms with E-state index < -0.39 is 5.91 Å². The molecule has 0 saturated carbocycles. The van der Waals surface area contributed by atoms with E-state index in [2.05, 4.69) is 137 Å². The third kappa shape index (κ3) is 6.73. The predicted molar refractivity (Wildman–Crippen MR) is 242 cm³/mol. The summed E-state index contributed by atoms with van der Waals surface area (Å²) in [7, 11) is 0. The first-order chi connectivity index (χ1) is 29.1. The van der Waals surface area contributed by atoms with Crippen molar-refractivity contribution in [2.75, 3.05) is 0 Å². The number of nitrogens with one attached hydrogen (secondary N) is 2. The molecule has 8 bridgehead atoms. The molecule has 0 unspecified atom stereocenters. The van der Waals surface area contributed by atoms with Gasteiger partial charge in [0.05, 0.1) is 33.9 Å². The summed E-state index contributed by atoms with van der Waals surface area (Å²) in [6.45, 7) is 0. The standard InChI is InChI=1S/C53H35N5O/c54-53(59)39-24-21-34(22-25-39)23-26-40-33-47-50(37-17-9-3-10-18-37)45-30-29-43(56-45)48(35-13-5-1-6-14-35)41-27-28-42(55-41)49(36-15-7-2-8-16-36)44-31-32-46(57-44)51(52(40)58-47)38-19-11-4-12-20-38/h1-22,24-25,27-33,55,58H,(H2,54,59). The zero-order chi connectivity index (χ0) is 39.7. The minimum atomic E-state index is -0.479. The van der Waals surface area contributed by atoms with Crippen LogP contribution >= 0.6 is 0 Å². The van der Waals surface area contributed by atoms with Crippen LogP contribution in [-0.4, -0.2) is 25.8 Å². The van der Waals surface area contributed by atoms with Crippen LogP contribution in [-0.2, 0) is 0 Å². The normalized spacial score (nSPS) is 11.6. The topological polar surface area (TPSA) is 100 Å². The van der Waals surface area contributed by atoms with Crippen LogP contribution in [0.2, 0.25) is 0 Å². The van der Waals surface area contributed by atoms with Gasteiger partial charge in [-0.1, -0.05) is 133 Å². The molecule has 0 atom stereocenters. The maximum absolute atomic E-state index is 11.8. The van der Waals surface area contributed by atoms with Crippen LogP contribution in [0, 0.1) is 11.8 Å². The third-order valence-corrected chi connectivity index (χ3v) is 10.6. The zero-order valence-electron chi connectivity index (χ0n) is 31.8. The van der Waals surface area contributed by atoms with Crippen LogP contribution < -0.4 is 5.73 Å². The van der Waals surface area contributed by atoms with Crippen molar-refractivity contribution >= 4 is 52.3 Å². The highest BCUT2D eigenvalue weighted by Crippen LogP contribution is 2.39. The number of fused-ring (bicyclic) bond motifs is 8. The van der Waals surface area contributed by atoms with E-state index in [0.29, 0.717) is 5.56 Å². The molecule has 0 radical (unpaired) electrons. The zero-order valence-corrected chi connectivity index (χ0v) is 31.8. The number of hydrogen-bond acceptors (Lipinski definition) is 3. The number of aromatic amines is 2. The lowest BCUT2D eigenvalue weighted by molar-refractivity contribution is 0.1000. The van der Waals surface area contributed by atoms with Gasteiger partial charge in [-0.2, -0.15) is 0 Å². The first-order valence-corrected chi connectivity index (χ1v) is 19.4. The van der Waals surface area contributed by atoms with E-state index in [0.717, 1.165) is 100 Å².